The van der Waals surface area contributed by atoms with Crippen LogP contribution in [0.2, 0.25) is 0 Å². The Kier molecular flexibility index (Phi) is 6.81. The van der Waals surface area contributed by atoms with Gasteiger partial charge in [0.05, 0.1) is 15.7 Å². The van der Waals surface area contributed by atoms with E-state index in [0.717, 1.165) is 25.9 Å². The molecule has 1 aliphatic heterocycles. The van der Waals surface area contributed by atoms with E-state index in [-0.39, 0.29) is 21.9 Å². The maximum Gasteiger partial charge on any atom is 0.252 e. The van der Waals surface area contributed by atoms with Crippen LogP contribution in [-0.4, -0.2) is 49.6 Å². The van der Waals surface area contributed by atoms with Crippen LogP contribution in [0.1, 0.15) is 75.6 Å². The van der Waals surface area contributed by atoms with Crippen molar-refractivity contribution in [1.29, 1.82) is 0 Å². The van der Waals surface area contributed by atoms with Gasteiger partial charge in [-0.2, -0.15) is 0 Å². The fraction of sp³-hybridized carbons (Fsp3) is 0.682. The predicted octanol–water partition coefficient (Wildman–Crippen LogP) is 3.79. The van der Waals surface area contributed by atoms with E-state index < -0.39 is 15.1 Å². The second-order valence-electron chi connectivity index (χ2n) is 8.61. The maximum atomic E-state index is 13.0. The van der Waals surface area contributed by atoms with E-state index in [1.54, 1.807) is 38.1 Å². The second kappa shape index (κ2) is 8.95. The van der Waals surface area contributed by atoms with Crippen molar-refractivity contribution in [2.75, 3.05) is 19.6 Å². The third-order valence-corrected chi connectivity index (χ3v) is 8.66. The Labute approximate surface area is 169 Å². The van der Waals surface area contributed by atoms with Crippen LogP contribution in [0.15, 0.2) is 29.2 Å². The first kappa shape index (κ1) is 21.3. The summed E-state index contributed by atoms with van der Waals surface area (Å²) in [4.78, 5) is 15.7. The van der Waals surface area contributed by atoms with Crippen LogP contribution in [-0.2, 0) is 9.84 Å². The minimum absolute atomic E-state index is 0.0280. The third-order valence-electron chi connectivity index (χ3n) is 6.45. The summed E-state index contributed by atoms with van der Waals surface area (Å²) in [6, 6.07) is 6.59. The van der Waals surface area contributed by atoms with Gasteiger partial charge in [-0.1, -0.05) is 37.8 Å². The number of carbonyl (C=O) groups excluding carboxylic acids is 1. The zero-order chi connectivity index (χ0) is 20.2. The molecular formula is C22H34N2O3S. The lowest BCUT2D eigenvalue weighted by atomic mass is 9.79. The molecule has 5 nitrogen and oxygen atoms in total. The Morgan fingerprint density at radius 3 is 2.29 bits per heavy atom. The lowest BCUT2D eigenvalue weighted by Gasteiger charge is -2.48. The van der Waals surface area contributed by atoms with E-state index in [2.05, 4.69) is 10.2 Å². The van der Waals surface area contributed by atoms with Gasteiger partial charge in [0.25, 0.3) is 5.91 Å². The van der Waals surface area contributed by atoms with Crippen LogP contribution in [0.25, 0.3) is 0 Å². The number of hydrogen-bond acceptors (Lipinski definition) is 4. The van der Waals surface area contributed by atoms with Gasteiger partial charge in [-0.3, -0.25) is 9.69 Å². The molecule has 6 heteroatoms. The molecule has 0 radical (unpaired) electrons. The highest BCUT2D eigenvalue weighted by atomic mass is 32.2. The minimum Gasteiger partial charge on any atom is -0.350 e. The number of likely N-dealkylation sites (tertiary alicyclic amines) is 1. The number of benzene rings is 1. The van der Waals surface area contributed by atoms with E-state index in [1.807, 2.05) is 0 Å². The number of sulfone groups is 1. The summed E-state index contributed by atoms with van der Waals surface area (Å²) >= 11 is 0. The number of rotatable bonds is 6. The quantitative estimate of drug-likeness (QED) is 0.781. The number of amides is 1. The van der Waals surface area contributed by atoms with E-state index >= 15 is 0 Å². The normalized spacial score (nSPS) is 20.8. The first-order chi connectivity index (χ1) is 13.4. The number of nitrogens with one attached hydrogen (secondary N) is 1. The van der Waals surface area contributed by atoms with Crippen molar-refractivity contribution < 1.29 is 13.2 Å². The number of piperidine rings is 1. The second-order valence-corrected chi connectivity index (χ2v) is 11.1. The SMILES string of the molecule is CC(C)S(=O)(=O)c1ccccc1C(=O)NCC1(N2CCCCC2)CCCCC1. The van der Waals surface area contributed by atoms with Gasteiger partial charge in [-0.25, -0.2) is 8.42 Å². The molecular weight excluding hydrogens is 372 g/mol. The molecule has 1 heterocycles. The molecule has 28 heavy (non-hydrogen) atoms. The number of carbonyl (C=O) groups is 1. The van der Waals surface area contributed by atoms with Crippen LogP contribution >= 0.6 is 0 Å². The van der Waals surface area contributed by atoms with Crippen molar-refractivity contribution in [3.05, 3.63) is 29.8 Å². The van der Waals surface area contributed by atoms with Crippen LogP contribution in [0.5, 0.6) is 0 Å². The maximum absolute atomic E-state index is 13.0. The van der Waals surface area contributed by atoms with E-state index in [1.165, 1.54) is 38.5 Å². The molecule has 1 saturated heterocycles. The van der Waals surface area contributed by atoms with Crippen molar-refractivity contribution in [1.82, 2.24) is 10.2 Å². The van der Waals surface area contributed by atoms with Crippen molar-refractivity contribution in [3.8, 4) is 0 Å². The van der Waals surface area contributed by atoms with Gasteiger partial charge in [0.15, 0.2) is 9.84 Å². The summed E-state index contributed by atoms with van der Waals surface area (Å²) in [7, 11) is -3.50. The highest BCUT2D eigenvalue weighted by Crippen LogP contribution is 2.35. The molecule has 0 unspecified atom stereocenters. The first-order valence-electron chi connectivity index (χ1n) is 10.7. The van der Waals surface area contributed by atoms with E-state index in [9.17, 15) is 13.2 Å². The Hall–Kier alpha value is -1.40. The zero-order valence-corrected chi connectivity index (χ0v) is 18.1. The largest absolute Gasteiger partial charge is 0.350 e. The van der Waals surface area contributed by atoms with Crippen LogP contribution in [0.3, 0.4) is 0 Å². The molecule has 0 spiro atoms. The monoisotopic (exact) mass is 406 g/mol. The molecule has 1 N–H and O–H groups in total. The first-order valence-corrected chi connectivity index (χ1v) is 12.3. The summed E-state index contributed by atoms with van der Waals surface area (Å²) in [5, 5.41) is 2.56. The Bertz CT molecular complexity index is 777. The molecule has 2 aliphatic rings. The van der Waals surface area contributed by atoms with Gasteiger partial charge in [0.2, 0.25) is 0 Å². The topological polar surface area (TPSA) is 66.5 Å². The molecule has 1 aliphatic carbocycles. The molecule has 2 fully saturated rings. The van der Waals surface area contributed by atoms with Crippen molar-refractivity contribution in [2.45, 2.75) is 80.9 Å². The molecule has 156 valence electrons. The van der Waals surface area contributed by atoms with Crippen LogP contribution in [0.4, 0.5) is 0 Å². The average molecular weight is 407 g/mol. The predicted molar refractivity (Wildman–Crippen MR) is 112 cm³/mol. The summed E-state index contributed by atoms with van der Waals surface area (Å²) in [5.41, 5.74) is 0.293. The molecule has 3 rings (SSSR count). The lowest BCUT2D eigenvalue weighted by Crippen LogP contribution is -2.58. The summed E-state index contributed by atoms with van der Waals surface area (Å²) in [5.74, 6) is -0.276. The van der Waals surface area contributed by atoms with Gasteiger partial charge >= 0.3 is 0 Å². The van der Waals surface area contributed by atoms with Crippen molar-refractivity contribution >= 4 is 15.7 Å². The standard InChI is InChI=1S/C22H34N2O3S/c1-18(2)28(26,27)20-12-6-5-11-19(20)21(25)23-17-22(13-7-3-8-14-22)24-15-9-4-10-16-24/h5-6,11-12,18H,3-4,7-10,13-17H2,1-2H3,(H,23,25). The summed E-state index contributed by atoms with van der Waals surface area (Å²) in [6.45, 7) is 6.11. The summed E-state index contributed by atoms with van der Waals surface area (Å²) in [6.07, 6.45) is 9.63. The Morgan fingerprint density at radius 1 is 1.04 bits per heavy atom. The fourth-order valence-electron chi connectivity index (χ4n) is 4.68. The van der Waals surface area contributed by atoms with Gasteiger partial charge in [-0.15, -0.1) is 0 Å². The third kappa shape index (κ3) is 4.43. The van der Waals surface area contributed by atoms with Crippen molar-refractivity contribution in [2.24, 2.45) is 0 Å². The lowest BCUT2D eigenvalue weighted by molar-refractivity contribution is 0.0326. The Morgan fingerprint density at radius 2 is 1.64 bits per heavy atom. The summed E-state index contributed by atoms with van der Waals surface area (Å²) < 4.78 is 25.4. The van der Waals surface area contributed by atoms with Gasteiger partial charge in [0, 0.05) is 12.1 Å². The molecule has 0 aromatic heterocycles. The molecule has 1 saturated carbocycles. The average Bonchev–Trinajstić information content (AvgIpc) is 2.73. The van der Waals surface area contributed by atoms with Gasteiger partial charge in [-0.05, 0) is 64.8 Å². The van der Waals surface area contributed by atoms with Gasteiger partial charge in [0.1, 0.15) is 0 Å². The number of nitrogens with zero attached hydrogens (tertiary/aromatic N) is 1. The van der Waals surface area contributed by atoms with Crippen LogP contribution in [0, 0.1) is 0 Å². The highest BCUT2D eigenvalue weighted by Gasteiger charge is 2.39. The molecule has 1 aromatic carbocycles. The Balaban J connectivity index is 1.79. The van der Waals surface area contributed by atoms with Crippen LogP contribution < -0.4 is 5.32 Å². The fourth-order valence-corrected chi connectivity index (χ4v) is 5.92. The molecule has 0 bridgehead atoms. The highest BCUT2D eigenvalue weighted by molar-refractivity contribution is 7.92. The minimum atomic E-state index is -3.50. The molecule has 0 atom stereocenters. The number of hydrogen-bond donors (Lipinski definition) is 1. The zero-order valence-electron chi connectivity index (χ0n) is 17.2. The van der Waals surface area contributed by atoms with E-state index in [0.29, 0.717) is 6.54 Å². The molecule has 1 aromatic rings. The van der Waals surface area contributed by atoms with Crippen molar-refractivity contribution in [3.63, 3.8) is 0 Å². The van der Waals surface area contributed by atoms with Gasteiger partial charge < -0.3 is 5.32 Å². The molecule has 1 amide bonds. The van der Waals surface area contributed by atoms with E-state index in [4.69, 9.17) is 0 Å². The smallest absolute Gasteiger partial charge is 0.252 e.